The van der Waals surface area contributed by atoms with Crippen molar-refractivity contribution in [1.82, 2.24) is 9.97 Å². The number of anilines is 1. The lowest BCUT2D eigenvalue weighted by molar-refractivity contribution is -0.161. The van der Waals surface area contributed by atoms with Crippen molar-refractivity contribution in [1.29, 1.82) is 0 Å². The van der Waals surface area contributed by atoms with Gasteiger partial charge in [0.1, 0.15) is 16.5 Å². The second kappa shape index (κ2) is 6.05. The second-order valence-corrected chi connectivity index (χ2v) is 7.09. The minimum atomic E-state index is -1.60. The molecule has 0 aromatic carbocycles. The first-order chi connectivity index (χ1) is 10.9. The minimum absolute atomic E-state index is 0.0437. The van der Waals surface area contributed by atoms with Crippen molar-refractivity contribution >= 4 is 33.3 Å². The number of nitrogens with zero attached hydrogens (tertiary/aromatic N) is 2. The van der Waals surface area contributed by atoms with Crippen molar-refractivity contribution in [2.45, 2.75) is 45.6 Å². The Balaban J connectivity index is 1.89. The molecule has 124 valence electrons. The lowest BCUT2D eigenvalue weighted by atomic mass is 10.1. The quantitative estimate of drug-likeness (QED) is 0.815. The highest BCUT2D eigenvalue weighted by Gasteiger charge is 2.32. The monoisotopic (exact) mass is 335 g/mol. The van der Waals surface area contributed by atoms with E-state index in [1.165, 1.54) is 17.4 Å². The van der Waals surface area contributed by atoms with E-state index in [-0.39, 0.29) is 13.2 Å². The molecule has 23 heavy (non-hydrogen) atoms. The summed E-state index contributed by atoms with van der Waals surface area (Å²) in [4.78, 5) is 23.2. The molecule has 0 saturated carbocycles. The molecule has 2 aromatic rings. The van der Waals surface area contributed by atoms with Crippen molar-refractivity contribution in [2.75, 3.05) is 18.5 Å². The van der Waals surface area contributed by atoms with E-state index in [0.29, 0.717) is 11.6 Å². The van der Waals surface area contributed by atoms with Gasteiger partial charge in [-0.1, -0.05) is 0 Å². The number of carbonyl (C=O) groups excluding carboxylic acids is 1. The van der Waals surface area contributed by atoms with Gasteiger partial charge in [-0.05, 0) is 45.6 Å². The lowest BCUT2D eigenvalue weighted by Gasteiger charge is -2.22. The number of aryl methyl sites for hydroxylation is 3. The average molecular weight is 335 g/mol. The Morgan fingerprint density at radius 3 is 2.96 bits per heavy atom. The van der Waals surface area contributed by atoms with E-state index in [2.05, 4.69) is 15.3 Å². The van der Waals surface area contributed by atoms with E-state index in [0.717, 1.165) is 29.5 Å². The Kier molecular flexibility index (Phi) is 4.25. The topological polar surface area (TPSA) is 84.3 Å². The molecule has 0 unspecified atom stereocenters. The molecule has 3 rings (SSSR count). The van der Waals surface area contributed by atoms with Crippen molar-refractivity contribution in [3.05, 3.63) is 16.3 Å². The zero-order valence-corrected chi connectivity index (χ0v) is 14.4. The first kappa shape index (κ1) is 16.1. The maximum atomic E-state index is 11.8. The van der Waals surface area contributed by atoms with Crippen LogP contribution in [0.25, 0.3) is 10.2 Å². The molecule has 0 amide bonds. The zero-order valence-electron chi connectivity index (χ0n) is 13.6. The summed E-state index contributed by atoms with van der Waals surface area (Å²) in [5.74, 6) is 0.734. The van der Waals surface area contributed by atoms with Crippen LogP contribution >= 0.6 is 11.3 Å². The maximum Gasteiger partial charge on any atom is 0.339 e. The fourth-order valence-electron chi connectivity index (χ4n) is 2.84. The first-order valence-electron chi connectivity index (χ1n) is 7.84. The van der Waals surface area contributed by atoms with Gasteiger partial charge in [0.15, 0.2) is 5.60 Å². The predicted molar refractivity (Wildman–Crippen MR) is 89.9 cm³/mol. The molecule has 0 fully saturated rings. The van der Waals surface area contributed by atoms with Gasteiger partial charge in [0, 0.05) is 4.88 Å². The fraction of sp³-hybridized carbons (Fsp3) is 0.562. The Hall–Kier alpha value is -1.73. The third-order valence-electron chi connectivity index (χ3n) is 3.99. The number of rotatable bonds is 5. The van der Waals surface area contributed by atoms with Gasteiger partial charge in [0.05, 0.1) is 18.5 Å². The number of nitrogens with one attached hydrogen (secondary N) is 1. The van der Waals surface area contributed by atoms with Crippen LogP contribution in [0.2, 0.25) is 0 Å². The number of aromatic nitrogens is 2. The minimum Gasteiger partial charge on any atom is -0.464 e. The van der Waals surface area contributed by atoms with E-state index < -0.39 is 11.6 Å². The molecule has 2 N–H and O–H groups in total. The van der Waals surface area contributed by atoms with Crippen LogP contribution in [0.1, 0.15) is 36.5 Å². The van der Waals surface area contributed by atoms with Gasteiger partial charge in [-0.2, -0.15) is 0 Å². The maximum absolute atomic E-state index is 11.8. The molecule has 0 bridgehead atoms. The predicted octanol–water partition coefficient (Wildman–Crippen LogP) is 2.21. The molecular formula is C16H21N3O3S. The van der Waals surface area contributed by atoms with Gasteiger partial charge in [-0.25, -0.2) is 14.8 Å². The number of esters is 1. The van der Waals surface area contributed by atoms with Gasteiger partial charge in [-0.3, -0.25) is 0 Å². The van der Waals surface area contributed by atoms with Gasteiger partial charge in [0.25, 0.3) is 0 Å². The number of carbonyl (C=O) groups is 1. The smallest absolute Gasteiger partial charge is 0.339 e. The summed E-state index contributed by atoms with van der Waals surface area (Å²) in [5.41, 5.74) is -0.288. The van der Waals surface area contributed by atoms with E-state index in [1.54, 1.807) is 18.3 Å². The van der Waals surface area contributed by atoms with Crippen LogP contribution in [-0.4, -0.2) is 39.8 Å². The van der Waals surface area contributed by atoms with Crippen LogP contribution in [0.15, 0.2) is 0 Å². The summed E-state index contributed by atoms with van der Waals surface area (Å²) in [7, 11) is 0. The van der Waals surface area contributed by atoms with E-state index in [9.17, 15) is 9.90 Å². The summed E-state index contributed by atoms with van der Waals surface area (Å²) in [6.45, 7) is 5.29. The number of thiophene rings is 1. The van der Waals surface area contributed by atoms with Crippen molar-refractivity contribution in [3.63, 3.8) is 0 Å². The average Bonchev–Trinajstić information content (AvgIpc) is 3.05. The third kappa shape index (κ3) is 3.03. The number of ether oxygens (including phenoxy) is 1. The van der Waals surface area contributed by atoms with Crippen LogP contribution in [0.5, 0.6) is 0 Å². The molecule has 0 radical (unpaired) electrons. The molecule has 7 heteroatoms. The van der Waals surface area contributed by atoms with Crippen molar-refractivity contribution < 1.29 is 14.6 Å². The number of hydrogen-bond acceptors (Lipinski definition) is 7. The largest absolute Gasteiger partial charge is 0.464 e. The van der Waals surface area contributed by atoms with Crippen molar-refractivity contribution in [2.24, 2.45) is 0 Å². The van der Waals surface area contributed by atoms with Crippen LogP contribution in [-0.2, 0) is 22.4 Å². The van der Waals surface area contributed by atoms with Crippen LogP contribution in [0, 0.1) is 6.92 Å². The molecule has 0 spiro atoms. The summed E-state index contributed by atoms with van der Waals surface area (Å²) >= 11 is 1.72. The first-order valence-corrected chi connectivity index (χ1v) is 8.66. The Morgan fingerprint density at radius 1 is 1.43 bits per heavy atom. The molecule has 0 aliphatic heterocycles. The molecule has 6 nitrogen and oxygen atoms in total. The molecule has 1 atom stereocenters. The van der Waals surface area contributed by atoms with Gasteiger partial charge >= 0.3 is 5.97 Å². The normalized spacial score (nSPS) is 16.2. The van der Waals surface area contributed by atoms with E-state index >= 15 is 0 Å². The Bertz CT molecular complexity index is 755. The summed E-state index contributed by atoms with van der Waals surface area (Å²) in [6.07, 6.45) is 3.28. The van der Waals surface area contributed by atoms with Gasteiger partial charge in [0.2, 0.25) is 0 Å². The Morgan fingerprint density at radius 2 is 2.22 bits per heavy atom. The lowest BCUT2D eigenvalue weighted by Crippen LogP contribution is -2.43. The SMILES string of the molecule is CCOC(=O)[C@](C)(O)CNc1nc(C)nc2sc3c(c12)CCC3. The van der Waals surface area contributed by atoms with Crippen molar-refractivity contribution in [3.8, 4) is 0 Å². The highest BCUT2D eigenvalue weighted by atomic mass is 32.1. The second-order valence-electron chi connectivity index (χ2n) is 6.00. The highest BCUT2D eigenvalue weighted by Crippen LogP contribution is 2.39. The van der Waals surface area contributed by atoms with E-state index in [4.69, 9.17) is 4.74 Å². The summed E-state index contributed by atoms with van der Waals surface area (Å²) < 4.78 is 4.91. The molecular weight excluding hydrogens is 314 g/mol. The molecule has 2 aromatic heterocycles. The fourth-order valence-corrected chi connectivity index (χ4v) is 4.15. The summed E-state index contributed by atoms with van der Waals surface area (Å²) in [5, 5.41) is 14.4. The molecule has 0 saturated heterocycles. The van der Waals surface area contributed by atoms with Crippen LogP contribution in [0.4, 0.5) is 5.82 Å². The highest BCUT2D eigenvalue weighted by molar-refractivity contribution is 7.19. The summed E-state index contributed by atoms with van der Waals surface area (Å²) in [6, 6.07) is 0. The molecule has 1 aliphatic rings. The number of fused-ring (bicyclic) bond motifs is 3. The van der Waals surface area contributed by atoms with Crippen LogP contribution in [0.3, 0.4) is 0 Å². The zero-order chi connectivity index (χ0) is 16.6. The number of aliphatic hydroxyl groups is 1. The molecule has 2 heterocycles. The van der Waals surface area contributed by atoms with Gasteiger partial charge in [-0.15, -0.1) is 11.3 Å². The van der Waals surface area contributed by atoms with E-state index in [1.807, 2.05) is 6.92 Å². The third-order valence-corrected chi connectivity index (χ3v) is 5.18. The van der Waals surface area contributed by atoms with Crippen LogP contribution < -0.4 is 5.32 Å². The Labute approximate surface area is 138 Å². The molecule has 1 aliphatic carbocycles. The standard InChI is InChI=1S/C16H21N3O3S/c1-4-22-15(20)16(3,21)8-17-13-12-10-6-5-7-11(10)23-14(12)19-9(2)18-13/h21H,4-8H2,1-3H3,(H,17,18,19)/t16-/m1/s1. The number of hydrogen-bond donors (Lipinski definition) is 2. The van der Waals surface area contributed by atoms with Gasteiger partial charge < -0.3 is 15.2 Å².